The van der Waals surface area contributed by atoms with E-state index in [1.807, 2.05) is 0 Å². The van der Waals surface area contributed by atoms with Crippen LogP contribution in [0.3, 0.4) is 0 Å². The average molecular weight is 398 g/mol. The predicted molar refractivity (Wildman–Crippen MR) is 106 cm³/mol. The molecule has 5 nitrogen and oxygen atoms in total. The van der Waals surface area contributed by atoms with Gasteiger partial charge < -0.3 is 5.32 Å². The fourth-order valence-electron chi connectivity index (χ4n) is 2.61. The van der Waals surface area contributed by atoms with Crippen LogP contribution in [0.2, 0.25) is 0 Å². The molecule has 0 fully saturated rings. The summed E-state index contributed by atoms with van der Waals surface area (Å²) in [6.07, 6.45) is 0. The van der Waals surface area contributed by atoms with Crippen LogP contribution in [0.15, 0.2) is 77.7 Å². The third-order valence-corrected chi connectivity index (χ3v) is 5.52. The Morgan fingerprint density at radius 2 is 1.71 bits per heavy atom. The number of hydrogen-bond donors (Lipinski definition) is 2. The Labute approximate surface area is 163 Å². The van der Waals surface area contributed by atoms with Gasteiger partial charge in [-0.25, -0.2) is 12.8 Å². The second-order valence-electron chi connectivity index (χ2n) is 6.26. The molecule has 0 aromatic heterocycles. The first-order valence-electron chi connectivity index (χ1n) is 8.56. The van der Waals surface area contributed by atoms with Gasteiger partial charge in [-0.15, -0.1) is 0 Å². The molecular formula is C21H19FN2O3S. The van der Waals surface area contributed by atoms with Crippen LogP contribution in [0, 0.1) is 12.7 Å². The van der Waals surface area contributed by atoms with E-state index in [1.54, 1.807) is 49.4 Å². The van der Waals surface area contributed by atoms with Crippen molar-refractivity contribution < 1.29 is 17.6 Å². The molecule has 0 heterocycles. The summed E-state index contributed by atoms with van der Waals surface area (Å²) in [6.45, 7) is 1.91. The van der Waals surface area contributed by atoms with Gasteiger partial charge in [-0.05, 0) is 54.4 Å². The third-order valence-electron chi connectivity index (χ3n) is 4.14. The second-order valence-corrected chi connectivity index (χ2v) is 7.94. The summed E-state index contributed by atoms with van der Waals surface area (Å²) in [5, 5.41) is 2.70. The highest BCUT2D eigenvalue weighted by Gasteiger charge is 2.16. The molecular weight excluding hydrogens is 379 g/mol. The lowest BCUT2D eigenvalue weighted by atomic mass is 10.1. The van der Waals surface area contributed by atoms with E-state index in [0.717, 1.165) is 0 Å². The molecule has 3 rings (SSSR count). The number of aryl methyl sites for hydroxylation is 1. The highest BCUT2D eigenvalue weighted by Crippen LogP contribution is 2.21. The number of carbonyl (C=O) groups excluding carboxylic acids is 1. The number of carbonyl (C=O) groups is 1. The van der Waals surface area contributed by atoms with E-state index in [-0.39, 0.29) is 23.2 Å². The van der Waals surface area contributed by atoms with Crippen molar-refractivity contribution in [1.29, 1.82) is 0 Å². The van der Waals surface area contributed by atoms with Crippen molar-refractivity contribution in [2.75, 3.05) is 4.72 Å². The van der Waals surface area contributed by atoms with Gasteiger partial charge in [0.25, 0.3) is 15.9 Å². The lowest BCUT2D eigenvalue weighted by Crippen LogP contribution is -2.23. The van der Waals surface area contributed by atoms with E-state index >= 15 is 0 Å². The molecule has 2 N–H and O–H groups in total. The summed E-state index contributed by atoms with van der Waals surface area (Å²) in [7, 11) is -3.76. The Morgan fingerprint density at radius 3 is 2.43 bits per heavy atom. The molecule has 0 saturated heterocycles. The van der Waals surface area contributed by atoms with Gasteiger partial charge in [-0.1, -0.05) is 36.4 Å². The predicted octanol–water partition coefficient (Wildman–Crippen LogP) is 3.86. The van der Waals surface area contributed by atoms with Crippen LogP contribution in [0.1, 0.15) is 21.5 Å². The van der Waals surface area contributed by atoms with Crippen LogP contribution in [-0.4, -0.2) is 14.3 Å². The first-order chi connectivity index (χ1) is 13.3. The average Bonchev–Trinajstić information content (AvgIpc) is 2.68. The van der Waals surface area contributed by atoms with Crippen LogP contribution >= 0.6 is 0 Å². The van der Waals surface area contributed by atoms with Gasteiger partial charge in [0.1, 0.15) is 5.82 Å². The molecule has 0 bridgehead atoms. The zero-order valence-corrected chi connectivity index (χ0v) is 16.0. The molecule has 3 aromatic rings. The van der Waals surface area contributed by atoms with Crippen molar-refractivity contribution in [3.05, 3.63) is 95.3 Å². The van der Waals surface area contributed by atoms with Crippen LogP contribution in [0.5, 0.6) is 0 Å². The van der Waals surface area contributed by atoms with Gasteiger partial charge in [-0.3, -0.25) is 9.52 Å². The normalized spacial score (nSPS) is 11.1. The molecule has 0 aliphatic carbocycles. The first-order valence-corrected chi connectivity index (χ1v) is 10.0. The van der Waals surface area contributed by atoms with Crippen molar-refractivity contribution in [3.8, 4) is 0 Å². The van der Waals surface area contributed by atoms with Crippen molar-refractivity contribution in [1.82, 2.24) is 5.32 Å². The van der Waals surface area contributed by atoms with Crippen LogP contribution in [0.4, 0.5) is 10.1 Å². The van der Waals surface area contributed by atoms with Gasteiger partial charge in [0, 0.05) is 12.1 Å². The van der Waals surface area contributed by atoms with E-state index in [0.29, 0.717) is 22.4 Å². The maximum Gasteiger partial charge on any atom is 0.261 e. The van der Waals surface area contributed by atoms with E-state index in [1.165, 1.54) is 30.3 Å². The lowest BCUT2D eigenvalue weighted by molar-refractivity contribution is 0.0951. The largest absolute Gasteiger partial charge is 0.348 e. The van der Waals surface area contributed by atoms with E-state index in [9.17, 15) is 17.6 Å². The minimum atomic E-state index is -3.76. The number of anilines is 1. The van der Waals surface area contributed by atoms with Gasteiger partial charge in [0.2, 0.25) is 0 Å². The molecule has 1 amide bonds. The summed E-state index contributed by atoms with van der Waals surface area (Å²) < 4.78 is 40.8. The van der Waals surface area contributed by atoms with E-state index < -0.39 is 10.0 Å². The Kier molecular flexibility index (Phi) is 5.75. The number of sulfonamides is 1. The molecule has 7 heteroatoms. The second kappa shape index (κ2) is 8.22. The Hall–Kier alpha value is -3.19. The smallest absolute Gasteiger partial charge is 0.261 e. The fraction of sp³-hybridized carbons (Fsp3) is 0.0952. The highest BCUT2D eigenvalue weighted by molar-refractivity contribution is 7.92. The molecule has 0 saturated carbocycles. The Balaban J connectivity index is 1.76. The topological polar surface area (TPSA) is 75.3 Å². The molecule has 28 heavy (non-hydrogen) atoms. The summed E-state index contributed by atoms with van der Waals surface area (Å²) in [5.41, 5.74) is 1.93. The number of hydrogen-bond acceptors (Lipinski definition) is 3. The minimum Gasteiger partial charge on any atom is -0.348 e. The molecule has 0 spiro atoms. The summed E-state index contributed by atoms with van der Waals surface area (Å²) in [6, 6.07) is 18.7. The fourth-order valence-corrected chi connectivity index (χ4v) is 3.75. The minimum absolute atomic E-state index is 0.135. The summed E-state index contributed by atoms with van der Waals surface area (Å²) in [5.74, 6) is -0.760. The van der Waals surface area contributed by atoms with Gasteiger partial charge in [0.05, 0.1) is 10.6 Å². The molecule has 0 atom stereocenters. The third kappa shape index (κ3) is 4.75. The van der Waals surface area contributed by atoms with Crippen LogP contribution in [-0.2, 0) is 16.6 Å². The molecule has 0 aliphatic rings. The van der Waals surface area contributed by atoms with Crippen molar-refractivity contribution in [3.63, 3.8) is 0 Å². The maximum absolute atomic E-state index is 13.2. The van der Waals surface area contributed by atoms with Gasteiger partial charge in [-0.2, -0.15) is 0 Å². The molecule has 144 valence electrons. The van der Waals surface area contributed by atoms with Crippen LogP contribution in [0.25, 0.3) is 0 Å². The van der Waals surface area contributed by atoms with Crippen molar-refractivity contribution in [2.24, 2.45) is 0 Å². The van der Waals surface area contributed by atoms with Crippen molar-refractivity contribution in [2.45, 2.75) is 18.4 Å². The summed E-state index contributed by atoms with van der Waals surface area (Å²) >= 11 is 0. The van der Waals surface area contributed by atoms with E-state index in [2.05, 4.69) is 10.0 Å². The molecule has 3 aromatic carbocycles. The van der Waals surface area contributed by atoms with Crippen molar-refractivity contribution >= 4 is 21.6 Å². The zero-order valence-electron chi connectivity index (χ0n) is 15.1. The van der Waals surface area contributed by atoms with E-state index in [4.69, 9.17) is 0 Å². The molecule has 0 aliphatic heterocycles. The molecule has 0 unspecified atom stereocenters. The maximum atomic E-state index is 13.2. The number of nitrogens with one attached hydrogen (secondary N) is 2. The quantitative estimate of drug-likeness (QED) is 0.662. The van der Waals surface area contributed by atoms with Gasteiger partial charge >= 0.3 is 0 Å². The van der Waals surface area contributed by atoms with Crippen LogP contribution < -0.4 is 10.0 Å². The first kappa shape index (κ1) is 19.6. The standard InChI is InChI=1S/C21H19FN2O3S/c1-15-10-11-17(21(25)23-14-16-6-5-7-18(22)12-16)13-20(15)24-28(26,27)19-8-3-2-4-9-19/h2-13,24H,14H2,1H3,(H,23,25). The summed E-state index contributed by atoms with van der Waals surface area (Å²) in [4.78, 5) is 12.6. The Morgan fingerprint density at radius 1 is 0.964 bits per heavy atom. The number of amides is 1. The molecule has 0 radical (unpaired) electrons. The number of benzene rings is 3. The monoisotopic (exact) mass is 398 g/mol. The Bertz CT molecular complexity index is 1100. The highest BCUT2D eigenvalue weighted by atomic mass is 32.2. The lowest BCUT2D eigenvalue weighted by Gasteiger charge is -2.12. The van der Waals surface area contributed by atoms with Gasteiger partial charge in [0.15, 0.2) is 0 Å². The SMILES string of the molecule is Cc1ccc(C(=O)NCc2cccc(F)c2)cc1NS(=O)(=O)c1ccccc1. The number of rotatable bonds is 6. The zero-order chi connectivity index (χ0) is 20.1. The number of halogens is 1.